The summed E-state index contributed by atoms with van der Waals surface area (Å²) in [7, 11) is 2.78. The average Bonchev–Trinajstić information content (AvgIpc) is 2.62. The molecule has 1 aromatic heterocycles. The molecule has 0 radical (unpaired) electrons. The van der Waals surface area contributed by atoms with Crippen molar-refractivity contribution in [2.45, 2.75) is 17.9 Å². The molecule has 0 bridgehead atoms. The predicted octanol–water partition coefficient (Wildman–Crippen LogP) is 4.90. The van der Waals surface area contributed by atoms with Crippen molar-refractivity contribution in [1.29, 1.82) is 0 Å². The molecule has 0 spiro atoms. The highest BCUT2D eigenvalue weighted by molar-refractivity contribution is 8.76. The molecule has 0 unspecified atom stereocenters. The number of ether oxygens (including phenoxy) is 1. The van der Waals surface area contributed by atoms with Crippen LogP contribution in [0.5, 0.6) is 5.75 Å². The number of hydrogen-bond acceptors (Lipinski definition) is 5. The number of pyridine rings is 1. The Morgan fingerprint density at radius 2 is 1.64 bits per heavy atom. The van der Waals surface area contributed by atoms with Crippen molar-refractivity contribution in [3.05, 3.63) is 53.5 Å². The van der Waals surface area contributed by atoms with E-state index in [1.165, 1.54) is 21.6 Å². The number of carbonyl (C=O) groups is 1. The van der Waals surface area contributed by atoms with Crippen LogP contribution in [0.15, 0.2) is 29.4 Å². The molecule has 0 amide bonds. The maximum Gasteiger partial charge on any atom is 0.311 e. The molecule has 3 nitrogen and oxygen atoms in total. The molecule has 0 saturated heterocycles. The minimum Gasteiger partial charge on any atom is -0.420 e. The van der Waals surface area contributed by atoms with Crippen LogP contribution in [0.1, 0.15) is 12.8 Å². The zero-order chi connectivity index (χ0) is 18.4. The highest BCUT2D eigenvalue weighted by Crippen LogP contribution is 2.31. The van der Waals surface area contributed by atoms with Crippen molar-refractivity contribution in [1.82, 2.24) is 4.98 Å². The van der Waals surface area contributed by atoms with Crippen LogP contribution in [-0.4, -0.2) is 16.7 Å². The lowest BCUT2D eigenvalue weighted by molar-refractivity contribution is -0.134. The molecule has 0 aliphatic carbocycles. The summed E-state index contributed by atoms with van der Waals surface area (Å²) < 4.78 is 69.9. The van der Waals surface area contributed by atoms with Crippen LogP contribution in [0.2, 0.25) is 0 Å². The molecule has 10 heteroatoms. The normalized spacial score (nSPS) is 10.8. The van der Waals surface area contributed by atoms with Crippen molar-refractivity contribution < 1.29 is 31.5 Å². The Hall–Kier alpha value is -1.81. The first-order valence-corrected chi connectivity index (χ1v) is 9.16. The number of aromatic nitrogens is 1. The quantitative estimate of drug-likeness (QED) is 0.127. The maximum atomic E-state index is 13.4. The van der Waals surface area contributed by atoms with Crippen molar-refractivity contribution in [2.24, 2.45) is 0 Å². The third-order valence-corrected chi connectivity index (χ3v) is 5.13. The number of nitrogens with zero attached hydrogens (tertiary/aromatic N) is 1. The summed E-state index contributed by atoms with van der Waals surface area (Å²) in [6.45, 7) is 0. The Bertz CT molecular complexity index is 732. The van der Waals surface area contributed by atoms with Gasteiger partial charge in [0.05, 0.1) is 0 Å². The van der Waals surface area contributed by atoms with E-state index in [0.29, 0.717) is 12.2 Å². The van der Waals surface area contributed by atoms with E-state index in [-0.39, 0.29) is 6.42 Å². The molecule has 25 heavy (non-hydrogen) atoms. The molecule has 0 saturated carbocycles. The SMILES string of the molecule is O=C(CCCSSc1ccccn1)Oc1c(F)c(F)c(F)c(F)c1F. The van der Waals surface area contributed by atoms with E-state index in [1.807, 2.05) is 6.07 Å². The predicted molar refractivity (Wildman–Crippen MR) is 83.7 cm³/mol. The monoisotopic (exact) mass is 395 g/mol. The molecular weight excluding hydrogens is 385 g/mol. The molecule has 0 atom stereocenters. The fourth-order valence-electron chi connectivity index (χ4n) is 1.61. The van der Waals surface area contributed by atoms with Gasteiger partial charge in [0.1, 0.15) is 5.03 Å². The van der Waals surface area contributed by atoms with E-state index in [1.54, 1.807) is 18.3 Å². The van der Waals surface area contributed by atoms with Crippen LogP contribution in [0, 0.1) is 29.1 Å². The van der Waals surface area contributed by atoms with E-state index in [9.17, 15) is 26.7 Å². The van der Waals surface area contributed by atoms with Gasteiger partial charge in [-0.05, 0) is 29.3 Å². The molecule has 0 aliphatic heterocycles. The van der Waals surface area contributed by atoms with Gasteiger partial charge in [-0.25, -0.2) is 18.2 Å². The molecule has 0 N–H and O–H groups in total. The summed E-state index contributed by atoms with van der Waals surface area (Å²) in [6, 6.07) is 5.39. The second-order valence-corrected chi connectivity index (χ2v) is 6.99. The third-order valence-electron chi connectivity index (χ3n) is 2.78. The van der Waals surface area contributed by atoms with Gasteiger partial charge in [-0.2, -0.15) is 8.78 Å². The van der Waals surface area contributed by atoms with Gasteiger partial charge < -0.3 is 4.74 Å². The maximum absolute atomic E-state index is 13.4. The lowest BCUT2D eigenvalue weighted by Crippen LogP contribution is -2.13. The third kappa shape index (κ3) is 5.08. The Kier molecular flexibility index (Phi) is 7.06. The molecule has 1 heterocycles. The van der Waals surface area contributed by atoms with Gasteiger partial charge in [0.15, 0.2) is 0 Å². The van der Waals surface area contributed by atoms with Crippen LogP contribution < -0.4 is 4.74 Å². The van der Waals surface area contributed by atoms with Gasteiger partial charge in [-0.1, -0.05) is 16.9 Å². The fraction of sp³-hybridized carbons (Fsp3) is 0.200. The van der Waals surface area contributed by atoms with Crippen LogP contribution in [0.25, 0.3) is 0 Å². The van der Waals surface area contributed by atoms with Crippen LogP contribution in [-0.2, 0) is 4.79 Å². The Balaban J connectivity index is 1.83. The summed E-state index contributed by atoms with van der Waals surface area (Å²) in [5.74, 6) is -13.2. The zero-order valence-electron chi connectivity index (χ0n) is 12.4. The Morgan fingerprint density at radius 3 is 2.24 bits per heavy atom. The van der Waals surface area contributed by atoms with Crippen LogP contribution in [0.3, 0.4) is 0 Å². The number of carbonyl (C=O) groups excluding carboxylic acids is 1. The van der Waals surface area contributed by atoms with Gasteiger partial charge in [0.25, 0.3) is 0 Å². The summed E-state index contributed by atoms with van der Waals surface area (Å²) in [6.07, 6.45) is 1.68. The van der Waals surface area contributed by atoms with Crippen LogP contribution in [0.4, 0.5) is 22.0 Å². The minimum absolute atomic E-state index is 0.241. The van der Waals surface area contributed by atoms with Crippen LogP contribution >= 0.6 is 21.6 Å². The first kappa shape index (κ1) is 19.5. The van der Waals surface area contributed by atoms with Crippen molar-refractivity contribution in [2.75, 3.05) is 5.75 Å². The molecule has 1 aromatic carbocycles. The number of rotatable bonds is 7. The largest absolute Gasteiger partial charge is 0.420 e. The lowest BCUT2D eigenvalue weighted by atomic mass is 10.2. The van der Waals surface area contributed by atoms with Gasteiger partial charge >= 0.3 is 5.97 Å². The average molecular weight is 395 g/mol. The van der Waals surface area contributed by atoms with Gasteiger partial charge in [-0.3, -0.25) is 4.79 Å². The van der Waals surface area contributed by atoms with E-state index < -0.39 is 40.8 Å². The lowest BCUT2D eigenvalue weighted by Gasteiger charge is -2.08. The molecule has 134 valence electrons. The number of benzene rings is 1. The highest BCUT2D eigenvalue weighted by atomic mass is 33.1. The van der Waals surface area contributed by atoms with Crippen molar-refractivity contribution in [3.8, 4) is 5.75 Å². The first-order valence-electron chi connectivity index (χ1n) is 6.84. The van der Waals surface area contributed by atoms with E-state index in [0.717, 1.165) is 5.03 Å². The minimum atomic E-state index is -2.31. The standard InChI is InChI=1S/C15H10F5NO2S2/c16-10-11(17)13(19)15(14(20)12(10)18)23-9(22)5-3-7-24-25-8-4-1-2-6-21-8/h1-2,4,6H,3,5,7H2. The molecule has 2 rings (SSSR count). The second kappa shape index (κ2) is 9.04. The zero-order valence-corrected chi connectivity index (χ0v) is 14.0. The molecule has 0 aliphatic rings. The summed E-state index contributed by atoms with van der Waals surface area (Å²) >= 11 is 0. The summed E-state index contributed by atoms with van der Waals surface area (Å²) in [5, 5.41) is 0.775. The highest BCUT2D eigenvalue weighted by Gasteiger charge is 2.28. The smallest absolute Gasteiger partial charge is 0.311 e. The first-order chi connectivity index (χ1) is 11.9. The van der Waals surface area contributed by atoms with Crippen molar-refractivity contribution >= 4 is 27.6 Å². The van der Waals surface area contributed by atoms with Gasteiger partial charge in [-0.15, -0.1) is 0 Å². The number of halogens is 5. The summed E-state index contributed by atoms with van der Waals surface area (Å²) in [5.41, 5.74) is 0. The van der Waals surface area contributed by atoms with E-state index in [2.05, 4.69) is 9.72 Å². The second-order valence-electron chi connectivity index (χ2n) is 4.55. The van der Waals surface area contributed by atoms with Crippen molar-refractivity contribution in [3.63, 3.8) is 0 Å². The molecular formula is C15H10F5NO2S2. The summed E-state index contributed by atoms with van der Waals surface area (Å²) in [4.78, 5) is 15.6. The Labute approximate surface area is 147 Å². The fourth-order valence-corrected chi connectivity index (χ4v) is 3.58. The number of esters is 1. The van der Waals surface area contributed by atoms with Gasteiger partial charge in [0, 0.05) is 18.4 Å². The van der Waals surface area contributed by atoms with E-state index >= 15 is 0 Å². The topological polar surface area (TPSA) is 39.2 Å². The van der Waals surface area contributed by atoms with Gasteiger partial charge in [0.2, 0.25) is 34.8 Å². The molecule has 2 aromatic rings. The number of hydrogen-bond donors (Lipinski definition) is 0. The molecule has 0 fully saturated rings. The Morgan fingerprint density at radius 1 is 1.00 bits per heavy atom. The van der Waals surface area contributed by atoms with E-state index in [4.69, 9.17) is 0 Å².